The van der Waals surface area contributed by atoms with E-state index < -0.39 is 0 Å². The average molecular weight is 476 g/mol. The highest BCUT2D eigenvalue weighted by atomic mass is 15.1. The summed E-state index contributed by atoms with van der Waals surface area (Å²) < 4.78 is 0. The number of anilines is 3. The third-order valence-corrected chi connectivity index (χ3v) is 8.17. The number of aryl methyl sites for hydroxylation is 2. The fourth-order valence-electron chi connectivity index (χ4n) is 6.48. The van der Waals surface area contributed by atoms with Crippen molar-refractivity contribution >= 4 is 23.1 Å². The quantitative estimate of drug-likeness (QED) is 0.250. The Bertz CT molecular complexity index is 1610. The number of para-hydroxylation sites is 2. The van der Waals surface area contributed by atoms with Crippen LogP contribution >= 0.6 is 0 Å². The Kier molecular flexibility index (Phi) is 4.94. The van der Waals surface area contributed by atoms with E-state index in [0.29, 0.717) is 0 Å². The van der Waals surface area contributed by atoms with Gasteiger partial charge in [0.25, 0.3) is 0 Å². The lowest BCUT2D eigenvalue weighted by Gasteiger charge is -2.36. The first-order valence-electron chi connectivity index (χ1n) is 13.1. The van der Waals surface area contributed by atoms with Crippen molar-refractivity contribution in [3.63, 3.8) is 0 Å². The van der Waals surface area contributed by atoms with E-state index in [1.54, 1.807) is 0 Å². The van der Waals surface area contributed by atoms with Crippen molar-refractivity contribution in [1.82, 2.24) is 0 Å². The third kappa shape index (κ3) is 3.24. The second-order valence-electron chi connectivity index (χ2n) is 10.3. The Morgan fingerprint density at radius 1 is 0.622 bits per heavy atom. The van der Waals surface area contributed by atoms with E-state index in [1.165, 1.54) is 44.5 Å². The fraction of sp³-hybridized carbons (Fsp3) is 0.111. The molecule has 37 heavy (non-hydrogen) atoms. The standard InChI is InChI=1S/C36H29N/c1-25-15-21-32-33-22-16-26(2)31-14-9-23-36(35(31)33,34(32)24-25)27-17-19-30(20-18-27)37(28-10-5-3-6-11-28)29-12-7-4-8-13-29/h3-22,24H,23H2,1-2H3. The van der Waals surface area contributed by atoms with Gasteiger partial charge < -0.3 is 4.90 Å². The zero-order valence-corrected chi connectivity index (χ0v) is 21.3. The highest BCUT2D eigenvalue weighted by Gasteiger charge is 2.46. The number of allylic oxidation sites excluding steroid dienone is 1. The molecule has 0 aromatic heterocycles. The van der Waals surface area contributed by atoms with Gasteiger partial charge in [0.05, 0.1) is 5.41 Å². The van der Waals surface area contributed by atoms with Gasteiger partial charge in [-0.1, -0.05) is 96.6 Å². The van der Waals surface area contributed by atoms with E-state index in [2.05, 4.69) is 146 Å². The topological polar surface area (TPSA) is 3.24 Å². The van der Waals surface area contributed by atoms with Gasteiger partial charge in [0.15, 0.2) is 0 Å². The minimum absolute atomic E-state index is 0.157. The molecule has 0 spiro atoms. The zero-order chi connectivity index (χ0) is 25.0. The lowest BCUT2D eigenvalue weighted by Crippen LogP contribution is -2.29. The van der Waals surface area contributed by atoms with Crippen molar-refractivity contribution < 1.29 is 0 Å². The molecule has 0 saturated heterocycles. The summed E-state index contributed by atoms with van der Waals surface area (Å²) in [6.07, 6.45) is 5.70. The summed E-state index contributed by atoms with van der Waals surface area (Å²) in [5.74, 6) is 0. The normalized spacial score (nSPS) is 16.8. The molecule has 1 nitrogen and oxygen atoms in total. The third-order valence-electron chi connectivity index (χ3n) is 8.17. The van der Waals surface area contributed by atoms with Gasteiger partial charge in [0.1, 0.15) is 0 Å². The van der Waals surface area contributed by atoms with Gasteiger partial charge in [0, 0.05) is 17.1 Å². The largest absolute Gasteiger partial charge is 0.311 e. The van der Waals surface area contributed by atoms with Crippen LogP contribution in [0.2, 0.25) is 0 Å². The van der Waals surface area contributed by atoms with E-state index >= 15 is 0 Å². The Morgan fingerprint density at radius 2 is 1.24 bits per heavy atom. The highest BCUT2D eigenvalue weighted by Crippen LogP contribution is 2.58. The second kappa shape index (κ2) is 8.35. The summed E-state index contributed by atoms with van der Waals surface area (Å²) in [6.45, 7) is 4.45. The van der Waals surface area contributed by atoms with Crippen molar-refractivity contribution in [2.75, 3.05) is 4.90 Å². The van der Waals surface area contributed by atoms with E-state index in [-0.39, 0.29) is 5.41 Å². The molecule has 0 fully saturated rings. The van der Waals surface area contributed by atoms with Crippen LogP contribution in [0.4, 0.5) is 17.1 Å². The van der Waals surface area contributed by atoms with Crippen molar-refractivity contribution in [1.29, 1.82) is 0 Å². The average Bonchev–Trinajstić information content (AvgIpc) is 3.23. The van der Waals surface area contributed by atoms with E-state index in [0.717, 1.165) is 23.5 Å². The maximum Gasteiger partial charge on any atom is 0.0504 e. The van der Waals surface area contributed by atoms with Crippen LogP contribution < -0.4 is 4.90 Å². The molecule has 0 aliphatic heterocycles. The van der Waals surface area contributed by atoms with Crippen LogP contribution in [0, 0.1) is 13.8 Å². The van der Waals surface area contributed by atoms with Crippen LogP contribution in [0.15, 0.2) is 121 Å². The van der Waals surface area contributed by atoms with Gasteiger partial charge in [-0.15, -0.1) is 0 Å². The Balaban J connectivity index is 1.42. The number of rotatable bonds is 4. The first-order chi connectivity index (χ1) is 18.2. The molecule has 5 aromatic carbocycles. The minimum atomic E-state index is -0.157. The van der Waals surface area contributed by atoms with Gasteiger partial charge in [-0.25, -0.2) is 0 Å². The molecule has 1 heteroatoms. The number of fused-ring (bicyclic) bond motifs is 3. The number of nitrogens with zero attached hydrogens (tertiary/aromatic N) is 1. The molecule has 2 aliphatic carbocycles. The molecule has 0 amide bonds. The molecular formula is C36H29N. The molecule has 1 atom stereocenters. The Labute approximate surface area is 219 Å². The molecule has 0 radical (unpaired) electrons. The monoisotopic (exact) mass is 475 g/mol. The number of hydrogen-bond donors (Lipinski definition) is 0. The molecule has 7 rings (SSSR count). The minimum Gasteiger partial charge on any atom is -0.311 e. The molecule has 178 valence electrons. The predicted octanol–water partition coefficient (Wildman–Crippen LogP) is 9.50. The van der Waals surface area contributed by atoms with Crippen molar-refractivity contribution in [2.24, 2.45) is 0 Å². The first kappa shape index (κ1) is 21.9. The molecule has 2 aliphatic rings. The van der Waals surface area contributed by atoms with Crippen LogP contribution in [0.25, 0.3) is 17.2 Å². The second-order valence-corrected chi connectivity index (χ2v) is 10.3. The Hall–Kier alpha value is -4.36. The molecule has 1 unspecified atom stereocenters. The summed E-state index contributed by atoms with van der Waals surface area (Å²) >= 11 is 0. The van der Waals surface area contributed by atoms with Crippen LogP contribution in [0.5, 0.6) is 0 Å². The Morgan fingerprint density at radius 3 is 1.92 bits per heavy atom. The molecule has 0 bridgehead atoms. The van der Waals surface area contributed by atoms with Gasteiger partial charge in [0.2, 0.25) is 0 Å². The summed E-state index contributed by atoms with van der Waals surface area (Å²) in [5.41, 5.74) is 14.4. The number of hydrogen-bond acceptors (Lipinski definition) is 1. The molecule has 0 heterocycles. The van der Waals surface area contributed by atoms with E-state index in [9.17, 15) is 0 Å². The van der Waals surface area contributed by atoms with E-state index in [4.69, 9.17) is 0 Å². The van der Waals surface area contributed by atoms with Crippen LogP contribution in [0.3, 0.4) is 0 Å². The lowest BCUT2D eigenvalue weighted by molar-refractivity contribution is 0.637. The van der Waals surface area contributed by atoms with Gasteiger partial charge in [-0.2, -0.15) is 0 Å². The van der Waals surface area contributed by atoms with Gasteiger partial charge >= 0.3 is 0 Å². The SMILES string of the molecule is Cc1ccc2c(c1)C1(c3ccc(N(c4ccccc4)c4ccccc4)cc3)CC=Cc3c(C)ccc-2c31. The van der Waals surface area contributed by atoms with Crippen molar-refractivity contribution in [2.45, 2.75) is 25.7 Å². The zero-order valence-electron chi connectivity index (χ0n) is 21.3. The van der Waals surface area contributed by atoms with Crippen molar-refractivity contribution in [3.8, 4) is 11.1 Å². The first-order valence-corrected chi connectivity index (χ1v) is 13.1. The highest BCUT2D eigenvalue weighted by molar-refractivity contribution is 5.89. The van der Waals surface area contributed by atoms with Crippen molar-refractivity contribution in [3.05, 3.63) is 155 Å². The summed E-state index contributed by atoms with van der Waals surface area (Å²) in [7, 11) is 0. The lowest BCUT2D eigenvalue weighted by atomic mass is 9.66. The van der Waals surface area contributed by atoms with Crippen LogP contribution in [-0.2, 0) is 5.41 Å². The molecule has 5 aromatic rings. The van der Waals surface area contributed by atoms with Crippen LogP contribution in [-0.4, -0.2) is 0 Å². The fourth-order valence-corrected chi connectivity index (χ4v) is 6.48. The summed E-state index contributed by atoms with van der Waals surface area (Å²) in [5, 5.41) is 0. The maximum atomic E-state index is 2.42. The predicted molar refractivity (Wildman–Crippen MR) is 156 cm³/mol. The van der Waals surface area contributed by atoms with Gasteiger partial charge in [-0.05, 0) is 95.6 Å². The molecular weight excluding hydrogens is 446 g/mol. The number of benzene rings is 5. The summed E-state index contributed by atoms with van der Waals surface area (Å²) in [6, 6.07) is 42.2. The summed E-state index contributed by atoms with van der Waals surface area (Å²) in [4.78, 5) is 2.33. The smallest absolute Gasteiger partial charge is 0.0504 e. The van der Waals surface area contributed by atoms with Gasteiger partial charge in [-0.3, -0.25) is 0 Å². The molecule has 0 N–H and O–H groups in total. The van der Waals surface area contributed by atoms with E-state index in [1.807, 2.05) is 0 Å². The molecule has 0 saturated carbocycles. The van der Waals surface area contributed by atoms with Crippen LogP contribution in [0.1, 0.15) is 39.8 Å². The maximum absolute atomic E-state index is 2.42.